The largest absolute Gasteiger partial charge is 0.367 e. The Morgan fingerprint density at radius 2 is 1.73 bits per heavy atom. The predicted molar refractivity (Wildman–Crippen MR) is 103 cm³/mol. The minimum absolute atomic E-state index is 0.0384. The molecule has 0 aromatic heterocycles. The average Bonchev–Trinajstić information content (AvgIpc) is 2.67. The topological polar surface area (TPSA) is 35.6 Å². The van der Waals surface area contributed by atoms with E-state index in [1.54, 1.807) is 6.07 Å². The van der Waals surface area contributed by atoms with Gasteiger partial charge in [0.05, 0.1) is 5.69 Å². The van der Waals surface area contributed by atoms with Gasteiger partial charge in [-0.2, -0.15) is 0 Å². The molecular formula is C20H23ClFN3O. The number of carbonyl (C=O) groups excluding carboxylic acids is 1. The highest BCUT2D eigenvalue weighted by Crippen LogP contribution is 2.20. The van der Waals surface area contributed by atoms with Crippen molar-refractivity contribution in [2.75, 3.05) is 37.6 Å². The number of nitrogens with zero attached hydrogens (tertiary/aromatic N) is 2. The van der Waals surface area contributed by atoms with Crippen molar-refractivity contribution in [1.82, 2.24) is 10.2 Å². The molecule has 138 valence electrons. The highest BCUT2D eigenvalue weighted by molar-refractivity contribution is 6.30. The molecular weight excluding hydrogens is 353 g/mol. The molecule has 0 radical (unpaired) electrons. The minimum atomic E-state index is -0.178. The van der Waals surface area contributed by atoms with Crippen molar-refractivity contribution in [2.24, 2.45) is 0 Å². The first-order valence-corrected chi connectivity index (χ1v) is 9.22. The first-order valence-electron chi connectivity index (χ1n) is 8.85. The smallest absolute Gasteiger partial charge is 0.221 e. The quantitative estimate of drug-likeness (QED) is 0.841. The fourth-order valence-electron chi connectivity index (χ4n) is 3.07. The number of carbonyl (C=O) groups is 1. The van der Waals surface area contributed by atoms with Crippen LogP contribution in [0.25, 0.3) is 0 Å². The first kappa shape index (κ1) is 18.7. The van der Waals surface area contributed by atoms with Gasteiger partial charge < -0.3 is 10.2 Å². The zero-order valence-electron chi connectivity index (χ0n) is 14.6. The van der Waals surface area contributed by atoms with Crippen molar-refractivity contribution in [1.29, 1.82) is 0 Å². The number of anilines is 1. The van der Waals surface area contributed by atoms with E-state index in [0.29, 0.717) is 23.7 Å². The average molecular weight is 376 g/mol. The third-order valence-electron chi connectivity index (χ3n) is 4.62. The van der Waals surface area contributed by atoms with Crippen molar-refractivity contribution >= 4 is 23.2 Å². The van der Waals surface area contributed by atoms with E-state index in [1.165, 1.54) is 6.07 Å². The van der Waals surface area contributed by atoms with Crippen LogP contribution in [0.2, 0.25) is 5.02 Å². The summed E-state index contributed by atoms with van der Waals surface area (Å²) in [4.78, 5) is 16.3. The van der Waals surface area contributed by atoms with Gasteiger partial charge in [0.2, 0.25) is 5.91 Å². The van der Waals surface area contributed by atoms with Crippen LogP contribution >= 0.6 is 11.6 Å². The summed E-state index contributed by atoms with van der Waals surface area (Å²) in [5, 5.41) is 3.62. The van der Waals surface area contributed by atoms with Crippen molar-refractivity contribution < 1.29 is 9.18 Å². The van der Waals surface area contributed by atoms with Crippen LogP contribution < -0.4 is 10.2 Å². The molecule has 1 aliphatic rings. The molecule has 0 unspecified atom stereocenters. The van der Waals surface area contributed by atoms with Gasteiger partial charge in [0.1, 0.15) is 5.82 Å². The Kier molecular flexibility index (Phi) is 6.47. The zero-order chi connectivity index (χ0) is 18.4. The maximum absolute atomic E-state index is 13.9. The Hall–Kier alpha value is -2.11. The van der Waals surface area contributed by atoms with E-state index in [2.05, 4.69) is 15.1 Å². The molecule has 0 aliphatic carbocycles. The van der Waals surface area contributed by atoms with Gasteiger partial charge in [-0.1, -0.05) is 35.9 Å². The lowest BCUT2D eigenvalue weighted by atomic mass is 10.2. The van der Waals surface area contributed by atoms with Gasteiger partial charge in [0.15, 0.2) is 0 Å². The van der Waals surface area contributed by atoms with Crippen LogP contribution in [-0.4, -0.2) is 43.5 Å². The molecule has 1 amide bonds. The SMILES string of the molecule is O=C(CCN1CCN(c2ccccc2F)CC1)NCc1ccc(Cl)cc1. The van der Waals surface area contributed by atoms with Crippen molar-refractivity contribution in [3.05, 3.63) is 64.9 Å². The second kappa shape index (κ2) is 9.01. The van der Waals surface area contributed by atoms with E-state index in [0.717, 1.165) is 38.3 Å². The Balaban J connectivity index is 1.37. The first-order chi connectivity index (χ1) is 12.6. The molecule has 0 saturated carbocycles. The third-order valence-corrected chi connectivity index (χ3v) is 4.88. The highest BCUT2D eigenvalue weighted by atomic mass is 35.5. The molecule has 2 aromatic rings. The minimum Gasteiger partial charge on any atom is -0.367 e. The van der Waals surface area contributed by atoms with Crippen LogP contribution in [0.4, 0.5) is 10.1 Å². The number of hydrogen-bond donors (Lipinski definition) is 1. The summed E-state index contributed by atoms with van der Waals surface area (Å²) >= 11 is 5.85. The number of para-hydroxylation sites is 1. The Labute approximate surface area is 158 Å². The number of rotatable bonds is 6. The normalized spacial score (nSPS) is 15.1. The summed E-state index contributed by atoms with van der Waals surface area (Å²) in [5.41, 5.74) is 1.69. The van der Waals surface area contributed by atoms with Gasteiger partial charge in [0, 0.05) is 50.7 Å². The molecule has 1 saturated heterocycles. The Bertz CT molecular complexity index is 730. The summed E-state index contributed by atoms with van der Waals surface area (Å²) in [6, 6.07) is 14.3. The highest BCUT2D eigenvalue weighted by Gasteiger charge is 2.19. The fourth-order valence-corrected chi connectivity index (χ4v) is 3.20. The molecule has 2 aromatic carbocycles. The van der Waals surface area contributed by atoms with Crippen molar-refractivity contribution in [3.8, 4) is 0 Å². The molecule has 0 atom stereocenters. The number of piperazine rings is 1. The molecule has 4 nitrogen and oxygen atoms in total. The van der Waals surface area contributed by atoms with E-state index in [4.69, 9.17) is 11.6 Å². The second-order valence-corrected chi connectivity index (χ2v) is 6.87. The van der Waals surface area contributed by atoms with Gasteiger partial charge in [-0.15, -0.1) is 0 Å². The van der Waals surface area contributed by atoms with Crippen LogP contribution in [0.15, 0.2) is 48.5 Å². The number of benzene rings is 2. The van der Waals surface area contributed by atoms with Gasteiger partial charge in [-0.3, -0.25) is 9.69 Å². The van der Waals surface area contributed by atoms with Crippen LogP contribution in [-0.2, 0) is 11.3 Å². The van der Waals surface area contributed by atoms with E-state index in [9.17, 15) is 9.18 Å². The van der Waals surface area contributed by atoms with Crippen molar-refractivity contribution in [2.45, 2.75) is 13.0 Å². The molecule has 1 N–H and O–H groups in total. The Morgan fingerprint density at radius 3 is 2.42 bits per heavy atom. The number of amides is 1. The molecule has 1 aliphatic heterocycles. The molecule has 6 heteroatoms. The lowest BCUT2D eigenvalue weighted by molar-refractivity contribution is -0.121. The zero-order valence-corrected chi connectivity index (χ0v) is 15.4. The van der Waals surface area contributed by atoms with Gasteiger partial charge in [-0.25, -0.2) is 4.39 Å². The second-order valence-electron chi connectivity index (χ2n) is 6.43. The summed E-state index contributed by atoms with van der Waals surface area (Å²) in [6.07, 6.45) is 0.466. The number of nitrogens with one attached hydrogen (secondary N) is 1. The molecule has 0 spiro atoms. The summed E-state index contributed by atoms with van der Waals surface area (Å²) in [6.45, 7) is 4.44. The van der Waals surface area contributed by atoms with E-state index in [-0.39, 0.29) is 11.7 Å². The summed E-state index contributed by atoms with van der Waals surface area (Å²) in [5.74, 6) is -0.140. The predicted octanol–water partition coefficient (Wildman–Crippen LogP) is 3.31. The van der Waals surface area contributed by atoms with Crippen LogP contribution in [0.1, 0.15) is 12.0 Å². The molecule has 0 bridgehead atoms. The lowest BCUT2D eigenvalue weighted by Crippen LogP contribution is -2.47. The van der Waals surface area contributed by atoms with E-state index in [1.807, 2.05) is 36.4 Å². The summed E-state index contributed by atoms with van der Waals surface area (Å²) in [7, 11) is 0. The maximum atomic E-state index is 13.9. The lowest BCUT2D eigenvalue weighted by Gasteiger charge is -2.36. The third kappa shape index (κ3) is 5.19. The monoisotopic (exact) mass is 375 g/mol. The van der Waals surface area contributed by atoms with Crippen molar-refractivity contribution in [3.63, 3.8) is 0 Å². The number of halogens is 2. The van der Waals surface area contributed by atoms with Crippen LogP contribution in [0.3, 0.4) is 0 Å². The summed E-state index contributed by atoms with van der Waals surface area (Å²) < 4.78 is 13.9. The van der Waals surface area contributed by atoms with Crippen LogP contribution in [0, 0.1) is 5.82 Å². The van der Waals surface area contributed by atoms with E-state index < -0.39 is 0 Å². The van der Waals surface area contributed by atoms with Gasteiger partial charge >= 0.3 is 0 Å². The van der Waals surface area contributed by atoms with Gasteiger partial charge in [-0.05, 0) is 29.8 Å². The fraction of sp³-hybridized carbons (Fsp3) is 0.350. The molecule has 1 fully saturated rings. The van der Waals surface area contributed by atoms with E-state index >= 15 is 0 Å². The Morgan fingerprint density at radius 1 is 1.04 bits per heavy atom. The maximum Gasteiger partial charge on any atom is 0.221 e. The molecule has 26 heavy (non-hydrogen) atoms. The van der Waals surface area contributed by atoms with Crippen LogP contribution in [0.5, 0.6) is 0 Å². The van der Waals surface area contributed by atoms with Gasteiger partial charge in [0.25, 0.3) is 0 Å². The molecule has 3 rings (SSSR count). The number of hydrogen-bond acceptors (Lipinski definition) is 3. The standard InChI is InChI=1S/C20H23ClFN3O/c21-17-7-5-16(6-8-17)15-23-20(26)9-10-24-11-13-25(14-12-24)19-4-2-1-3-18(19)22/h1-8H,9-15H2,(H,23,26). The molecule has 1 heterocycles.